The fourth-order valence-electron chi connectivity index (χ4n) is 2.71. The predicted molar refractivity (Wildman–Crippen MR) is 107 cm³/mol. The second-order valence-corrected chi connectivity index (χ2v) is 8.57. The minimum atomic E-state index is -0.907. The molecule has 0 radical (unpaired) electrons. The maximum absolute atomic E-state index is 13.2. The van der Waals surface area contributed by atoms with E-state index >= 15 is 0 Å². The average Bonchev–Trinajstić information content (AvgIpc) is 2.68. The Labute approximate surface area is 166 Å². The average molecular weight is 410 g/mol. The van der Waals surface area contributed by atoms with Crippen LogP contribution in [0.4, 0.5) is 14.5 Å². The van der Waals surface area contributed by atoms with Crippen LogP contribution in [-0.2, 0) is 15.3 Å². The molecule has 0 atom stereocenters. The molecule has 1 N–H and O–H groups in total. The van der Waals surface area contributed by atoms with Crippen molar-refractivity contribution in [2.24, 2.45) is 0 Å². The molecule has 144 valence electrons. The molecule has 1 aliphatic heterocycles. The van der Waals surface area contributed by atoms with E-state index in [1.54, 1.807) is 0 Å². The van der Waals surface area contributed by atoms with Crippen molar-refractivity contribution >= 4 is 35.1 Å². The highest BCUT2D eigenvalue weighted by Crippen LogP contribution is 2.26. The van der Waals surface area contributed by atoms with E-state index in [0.717, 1.165) is 55.2 Å². The van der Waals surface area contributed by atoms with Crippen molar-refractivity contribution in [3.63, 3.8) is 0 Å². The molecular formula is C20H21F2NO2S2. The minimum absolute atomic E-state index is 0.131. The van der Waals surface area contributed by atoms with Gasteiger partial charge in [-0.15, -0.1) is 11.8 Å². The van der Waals surface area contributed by atoms with E-state index in [1.807, 2.05) is 30.0 Å². The van der Waals surface area contributed by atoms with Gasteiger partial charge < -0.3 is 10.1 Å². The van der Waals surface area contributed by atoms with Gasteiger partial charge in [-0.05, 0) is 48.7 Å². The normalized spacial score (nSPS) is 14.9. The van der Waals surface area contributed by atoms with Crippen molar-refractivity contribution in [2.75, 3.05) is 24.3 Å². The molecule has 0 spiro atoms. The lowest BCUT2D eigenvalue weighted by Gasteiger charge is -2.21. The van der Waals surface area contributed by atoms with E-state index in [-0.39, 0.29) is 11.7 Å². The molecule has 1 aliphatic rings. The largest absolute Gasteiger partial charge is 0.381 e. The molecule has 0 aromatic heterocycles. The molecule has 2 aromatic carbocycles. The van der Waals surface area contributed by atoms with E-state index in [1.165, 1.54) is 17.8 Å². The SMILES string of the molecule is O=C(CSc1ccc(F)c(F)c1)Nc1cccc(CSC2CCOCC2)c1. The third kappa shape index (κ3) is 6.52. The van der Waals surface area contributed by atoms with Gasteiger partial charge in [-0.2, -0.15) is 11.8 Å². The van der Waals surface area contributed by atoms with Crippen LogP contribution < -0.4 is 5.32 Å². The fraction of sp³-hybridized carbons (Fsp3) is 0.350. The summed E-state index contributed by atoms with van der Waals surface area (Å²) >= 11 is 3.09. The maximum atomic E-state index is 13.2. The molecule has 0 bridgehead atoms. The number of carbonyl (C=O) groups excluding carboxylic acids is 1. The maximum Gasteiger partial charge on any atom is 0.234 e. The highest BCUT2D eigenvalue weighted by Gasteiger charge is 2.14. The molecule has 0 saturated carbocycles. The van der Waals surface area contributed by atoms with E-state index in [0.29, 0.717) is 10.1 Å². The van der Waals surface area contributed by atoms with Gasteiger partial charge in [0.05, 0.1) is 5.75 Å². The van der Waals surface area contributed by atoms with Crippen LogP contribution in [0.5, 0.6) is 0 Å². The summed E-state index contributed by atoms with van der Waals surface area (Å²) in [5.41, 5.74) is 1.91. The topological polar surface area (TPSA) is 38.3 Å². The Balaban J connectivity index is 1.47. The van der Waals surface area contributed by atoms with Crippen molar-refractivity contribution in [3.8, 4) is 0 Å². The van der Waals surface area contributed by atoms with Gasteiger partial charge in [0.2, 0.25) is 5.91 Å². The molecule has 2 aromatic rings. The van der Waals surface area contributed by atoms with Crippen LogP contribution in [0.3, 0.4) is 0 Å². The van der Waals surface area contributed by atoms with Crippen molar-refractivity contribution in [1.29, 1.82) is 0 Å². The van der Waals surface area contributed by atoms with Gasteiger partial charge in [0.1, 0.15) is 0 Å². The number of halogens is 2. The van der Waals surface area contributed by atoms with Gasteiger partial charge in [-0.1, -0.05) is 12.1 Å². The number of hydrogen-bond donors (Lipinski definition) is 1. The summed E-state index contributed by atoms with van der Waals surface area (Å²) in [4.78, 5) is 12.7. The monoisotopic (exact) mass is 409 g/mol. The van der Waals surface area contributed by atoms with Crippen LogP contribution in [0, 0.1) is 11.6 Å². The molecule has 1 heterocycles. The van der Waals surface area contributed by atoms with E-state index in [4.69, 9.17) is 4.74 Å². The van der Waals surface area contributed by atoms with E-state index < -0.39 is 11.6 Å². The first kappa shape index (κ1) is 20.2. The Kier molecular flexibility index (Phi) is 7.55. The highest BCUT2D eigenvalue weighted by molar-refractivity contribution is 8.00. The molecular weight excluding hydrogens is 388 g/mol. The lowest BCUT2D eigenvalue weighted by Crippen LogP contribution is -2.17. The van der Waals surface area contributed by atoms with Crippen LogP contribution in [0.1, 0.15) is 18.4 Å². The van der Waals surface area contributed by atoms with Gasteiger partial charge in [-0.3, -0.25) is 4.79 Å². The zero-order valence-corrected chi connectivity index (χ0v) is 16.4. The first-order valence-electron chi connectivity index (χ1n) is 8.76. The first-order valence-corrected chi connectivity index (χ1v) is 10.8. The van der Waals surface area contributed by atoms with Crippen LogP contribution in [0.2, 0.25) is 0 Å². The molecule has 1 amide bonds. The van der Waals surface area contributed by atoms with Crippen LogP contribution in [0.25, 0.3) is 0 Å². The predicted octanol–water partition coefficient (Wildman–Crippen LogP) is 5.11. The van der Waals surface area contributed by atoms with Gasteiger partial charge in [0.25, 0.3) is 0 Å². The van der Waals surface area contributed by atoms with Crippen molar-refractivity contribution in [1.82, 2.24) is 0 Å². The molecule has 0 unspecified atom stereocenters. The summed E-state index contributed by atoms with van der Waals surface area (Å²) in [5, 5.41) is 3.49. The van der Waals surface area contributed by atoms with Gasteiger partial charge in [0, 0.05) is 34.8 Å². The zero-order chi connectivity index (χ0) is 19.1. The highest BCUT2D eigenvalue weighted by atomic mass is 32.2. The number of nitrogens with one attached hydrogen (secondary N) is 1. The summed E-state index contributed by atoms with van der Waals surface area (Å²) in [6.45, 7) is 1.67. The lowest BCUT2D eigenvalue weighted by molar-refractivity contribution is -0.113. The fourth-order valence-corrected chi connectivity index (χ4v) is 4.56. The smallest absolute Gasteiger partial charge is 0.234 e. The van der Waals surface area contributed by atoms with Crippen LogP contribution >= 0.6 is 23.5 Å². The Morgan fingerprint density at radius 1 is 1.11 bits per heavy atom. The summed E-state index contributed by atoms with van der Waals surface area (Å²) in [6.07, 6.45) is 2.17. The van der Waals surface area contributed by atoms with E-state index in [9.17, 15) is 13.6 Å². The third-order valence-electron chi connectivity index (χ3n) is 4.13. The summed E-state index contributed by atoms with van der Waals surface area (Å²) in [7, 11) is 0. The number of carbonyl (C=O) groups is 1. The van der Waals surface area contributed by atoms with Gasteiger partial charge in [-0.25, -0.2) is 8.78 Å². The van der Waals surface area contributed by atoms with Gasteiger partial charge in [0.15, 0.2) is 11.6 Å². The minimum Gasteiger partial charge on any atom is -0.381 e. The number of hydrogen-bond acceptors (Lipinski definition) is 4. The molecule has 1 fully saturated rings. The standard InChI is InChI=1S/C20H21F2NO2S2/c21-18-5-4-17(11-19(18)22)27-13-20(24)23-15-3-1-2-14(10-15)12-26-16-6-8-25-9-7-16/h1-5,10-11,16H,6-9,12-13H2,(H,23,24). The van der Waals surface area contributed by atoms with Crippen LogP contribution in [0.15, 0.2) is 47.4 Å². The summed E-state index contributed by atoms with van der Waals surface area (Å²) < 4.78 is 31.5. The summed E-state index contributed by atoms with van der Waals surface area (Å²) in [6, 6.07) is 11.4. The lowest BCUT2D eigenvalue weighted by atomic mass is 10.2. The molecule has 3 rings (SSSR count). The summed E-state index contributed by atoms with van der Waals surface area (Å²) in [5.74, 6) is -0.947. The molecule has 0 aliphatic carbocycles. The number of rotatable bonds is 7. The van der Waals surface area contributed by atoms with Crippen molar-refractivity contribution in [2.45, 2.75) is 28.7 Å². The van der Waals surface area contributed by atoms with Crippen molar-refractivity contribution < 1.29 is 18.3 Å². The third-order valence-corrected chi connectivity index (χ3v) is 6.56. The molecule has 3 nitrogen and oxygen atoms in total. The Morgan fingerprint density at radius 2 is 1.93 bits per heavy atom. The van der Waals surface area contributed by atoms with E-state index in [2.05, 4.69) is 11.4 Å². The quantitative estimate of drug-likeness (QED) is 0.645. The van der Waals surface area contributed by atoms with Gasteiger partial charge >= 0.3 is 0 Å². The molecule has 27 heavy (non-hydrogen) atoms. The molecule has 1 saturated heterocycles. The number of benzene rings is 2. The molecule has 7 heteroatoms. The number of ether oxygens (including phenoxy) is 1. The second kappa shape index (κ2) is 10.1. The second-order valence-electron chi connectivity index (χ2n) is 6.24. The Bertz CT molecular complexity index is 782. The van der Waals surface area contributed by atoms with Crippen LogP contribution in [-0.4, -0.2) is 30.1 Å². The number of anilines is 1. The van der Waals surface area contributed by atoms with Crippen molar-refractivity contribution in [3.05, 3.63) is 59.7 Å². The number of thioether (sulfide) groups is 2. The Hall–Kier alpha value is -1.57. The number of amides is 1. The zero-order valence-electron chi connectivity index (χ0n) is 14.8. The Morgan fingerprint density at radius 3 is 2.70 bits per heavy atom. The first-order chi connectivity index (χ1) is 13.1.